The number of anilines is 1. The number of carbonyl (C=O) groups excluding carboxylic acids is 2. The van der Waals surface area contributed by atoms with E-state index in [0.717, 1.165) is 16.5 Å². The van der Waals surface area contributed by atoms with Crippen molar-refractivity contribution in [2.24, 2.45) is 5.92 Å². The second-order valence-electron chi connectivity index (χ2n) is 8.94. The van der Waals surface area contributed by atoms with Crippen molar-refractivity contribution in [3.05, 3.63) is 77.6 Å². The molecule has 0 aliphatic carbocycles. The number of nitrogens with zero attached hydrogens (tertiary/aromatic N) is 4. The van der Waals surface area contributed by atoms with E-state index in [1.165, 1.54) is 0 Å². The van der Waals surface area contributed by atoms with Crippen LogP contribution >= 0.6 is 11.6 Å². The average molecular weight is 489 g/mol. The fraction of sp³-hybridized carbons (Fsp3) is 0.259. The van der Waals surface area contributed by atoms with E-state index in [4.69, 9.17) is 16.0 Å². The maximum absolute atomic E-state index is 13.5. The van der Waals surface area contributed by atoms with E-state index in [1.54, 1.807) is 21.9 Å². The van der Waals surface area contributed by atoms with Crippen molar-refractivity contribution in [3.8, 4) is 11.5 Å². The predicted molar refractivity (Wildman–Crippen MR) is 135 cm³/mol. The van der Waals surface area contributed by atoms with E-state index < -0.39 is 5.92 Å². The lowest BCUT2D eigenvalue weighted by Crippen LogP contribution is -2.41. The van der Waals surface area contributed by atoms with Gasteiger partial charge < -0.3 is 14.2 Å². The van der Waals surface area contributed by atoms with Crippen LogP contribution in [0.3, 0.4) is 0 Å². The lowest BCUT2D eigenvalue weighted by atomic mass is 10.1. The van der Waals surface area contributed by atoms with E-state index in [2.05, 4.69) is 10.2 Å². The minimum Gasteiger partial charge on any atom is -0.419 e. The Morgan fingerprint density at radius 3 is 2.63 bits per heavy atom. The SMILES string of the molecule is CC(C)N(Cc1nnc(-c2ccccc2Cl)o1)C(=O)C1CC(=O)N(c2cccc3ccccc23)C1. The lowest BCUT2D eigenvalue weighted by Gasteiger charge is -2.28. The molecule has 8 heteroatoms. The third-order valence-corrected chi connectivity index (χ3v) is 6.64. The zero-order valence-corrected chi connectivity index (χ0v) is 20.3. The molecule has 0 spiro atoms. The Morgan fingerprint density at radius 1 is 1.09 bits per heavy atom. The van der Waals surface area contributed by atoms with Gasteiger partial charge in [-0.2, -0.15) is 0 Å². The third kappa shape index (κ3) is 4.51. The van der Waals surface area contributed by atoms with Crippen LogP contribution in [0.2, 0.25) is 5.02 Å². The summed E-state index contributed by atoms with van der Waals surface area (Å²) in [5, 5.41) is 10.8. The van der Waals surface area contributed by atoms with Gasteiger partial charge in [-0.25, -0.2) is 0 Å². The van der Waals surface area contributed by atoms with Crippen LogP contribution < -0.4 is 4.90 Å². The highest BCUT2D eigenvalue weighted by Gasteiger charge is 2.38. The van der Waals surface area contributed by atoms with E-state index in [9.17, 15) is 9.59 Å². The number of halogens is 1. The first-order valence-electron chi connectivity index (χ1n) is 11.6. The van der Waals surface area contributed by atoms with Crippen LogP contribution in [0.25, 0.3) is 22.2 Å². The monoisotopic (exact) mass is 488 g/mol. The van der Waals surface area contributed by atoms with Gasteiger partial charge in [0.05, 0.1) is 28.7 Å². The summed E-state index contributed by atoms with van der Waals surface area (Å²) in [7, 11) is 0. The van der Waals surface area contributed by atoms with Gasteiger partial charge in [0.2, 0.25) is 23.6 Å². The van der Waals surface area contributed by atoms with Crippen molar-refractivity contribution in [1.82, 2.24) is 15.1 Å². The molecule has 5 rings (SSSR count). The first-order chi connectivity index (χ1) is 16.9. The summed E-state index contributed by atoms with van der Waals surface area (Å²) in [5.41, 5.74) is 1.48. The molecule has 0 N–H and O–H groups in total. The van der Waals surface area contributed by atoms with Gasteiger partial charge in [0.25, 0.3) is 0 Å². The number of fused-ring (bicyclic) bond motifs is 1. The minimum absolute atomic E-state index is 0.0535. The quantitative estimate of drug-likeness (QED) is 0.366. The number of carbonyl (C=O) groups is 2. The van der Waals surface area contributed by atoms with Crippen molar-refractivity contribution in [3.63, 3.8) is 0 Å². The standard InChI is InChI=1S/C27H25ClN4O3/c1-17(2)31(16-24-29-30-26(35-24)21-11-5-6-12-22(21)28)27(34)19-14-25(33)32(15-19)23-13-7-9-18-8-3-4-10-20(18)23/h3-13,17,19H,14-16H2,1-2H3. The Kier molecular flexibility index (Phi) is 6.26. The second-order valence-corrected chi connectivity index (χ2v) is 9.35. The number of hydrogen-bond acceptors (Lipinski definition) is 5. The fourth-order valence-corrected chi connectivity index (χ4v) is 4.72. The Labute approximate surface area is 208 Å². The summed E-state index contributed by atoms with van der Waals surface area (Å²) < 4.78 is 5.83. The molecular formula is C27H25ClN4O3. The van der Waals surface area contributed by atoms with Gasteiger partial charge in [0, 0.05) is 24.4 Å². The molecule has 4 aromatic rings. The predicted octanol–water partition coefficient (Wildman–Crippen LogP) is 5.33. The number of amides is 2. The third-order valence-electron chi connectivity index (χ3n) is 6.31. The minimum atomic E-state index is -0.449. The van der Waals surface area contributed by atoms with Crippen molar-refractivity contribution in [2.45, 2.75) is 32.9 Å². The highest BCUT2D eigenvalue weighted by Crippen LogP contribution is 2.33. The summed E-state index contributed by atoms with van der Waals surface area (Å²) in [4.78, 5) is 29.9. The van der Waals surface area contributed by atoms with Crippen molar-refractivity contribution in [2.75, 3.05) is 11.4 Å². The second kappa shape index (κ2) is 9.50. The normalized spacial score (nSPS) is 15.8. The fourth-order valence-electron chi connectivity index (χ4n) is 4.51. The van der Waals surface area contributed by atoms with E-state index in [0.29, 0.717) is 28.9 Å². The van der Waals surface area contributed by atoms with Crippen molar-refractivity contribution >= 4 is 39.9 Å². The van der Waals surface area contributed by atoms with Crippen LogP contribution in [0, 0.1) is 5.92 Å². The maximum Gasteiger partial charge on any atom is 0.249 e. The van der Waals surface area contributed by atoms with Gasteiger partial charge in [-0.1, -0.05) is 60.1 Å². The molecule has 0 bridgehead atoms. The zero-order chi connectivity index (χ0) is 24.5. The lowest BCUT2D eigenvalue weighted by molar-refractivity contribution is -0.138. The molecule has 1 fully saturated rings. The largest absolute Gasteiger partial charge is 0.419 e. The summed E-state index contributed by atoms with van der Waals surface area (Å²) in [6.45, 7) is 4.36. The van der Waals surface area contributed by atoms with Crippen LogP contribution in [0.1, 0.15) is 26.2 Å². The molecule has 178 valence electrons. The molecule has 1 saturated heterocycles. The number of rotatable bonds is 6. The highest BCUT2D eigenvalue weighted by atomic mass is 35.5. The molecule has 1 atom stereocenters. The average Bonchev–Trinajstić information content (AvgIpc) is 3.48. The topological polar surface area (TPSA) is 79.5 Å². The molecule has 3 aromatic carbocycles. The van der Waals surface area contributed by atoms with E-state index in [-0.39, 0.29) is 30.8 Å². The molecule has 2 amide bonds. The first kappa shape index (κ1) is 23.1. The van der Waals surface area contributed by atoms with Gasteiger partial charge in [-0.05, 0) is 37.4 Å². The summed E-state index contributed by atoms with van der Waals surface area (Å²) in [6, 6.07) is 20.9. The maximum atomic E-state index is 13.5. The Bertz CT molecular complexity index is 1390. The van der Waals surface area contributed by atoms with Crippen molar-refractivity contribution in [1.29, 1.82) is 0 Å². The smallest absolute Gasteiger partial charge is 0.249 e. The Morgan fingerprint density at radius 2 is 1.83 bits per heavy atom. The van der Waals surface area contributed by atoms with Gasteiger partial charge >= 0.3 is 0 Å². The van der Waals surface area contributed by atoms with E-state index >= 15 is 0 Å². The number of hydrogen-bond donors (Lipinski definition) is 0. The Balaban J connectivity index is 1.35. The van der Waals surface area contributed by atoms with Gasteiger partial charge in [-0.3, -0.25) is 9.59 Å². The van der Waals surface area contributed by atoms with E-state index in [1.807, 2.05) is 68.4 Å². The molecule has 1 aliphatic heterocycles. The molecule has 7 nitrogen and oxygen atoms in total. The van der Waals surface area contributed by atoms with Gasteiger partial charge in [-0.15, -0.1) is 10.2 Å². The van der Waals surface area contributed by atoms with Crippen LogP contribution in [0.5, 0.6) is 0 Å². The van der Waals surface area contributed by atoms with Gasteiger partial charge in [0.15, 0.2) is 0 Å². The first-order valence-corrected chi connectivity index (χ1v) is 12.0. The summed E-state index contributed by atoms with van der Waals surface area (Å²) in [5.74, 6) is 0.0164. The number of benzene rings is 3. The highest BCUT2D eigenvalue weighted by molar-refractivity contribution is 6.33. The Hall–Kier alpha value is -3.71. The van der Waals surface area contributed by atoms with Crippen LogP contribution in [-0.2, 0) is 16.1 Å². The molecule has 2 heterocycles. The molecular weight excluding hydrogens is 464 g/mol. The molecule has 35 heavy (non-hydrogen) atoms. The van der Waals surface area contributed by atoms with Crippen molar-refractivity contribution < 1.29 is 14.0 Å². The van der Waals surface area contributed by atoms with Crippen LogP contribution in [0.15, 0.2) is 71.1 Å². The molecule has 0 radical (unpaired) electrons. The number of aromatic nitrogens is 2. The van der Waals surface area contributed by atoms with Gasteiger partial charge in [0.1, 0.15) is 0 Å². The molecule has 1 aliphatic rings. The van der Waals surface area contributed by atoms with Crippen LogP contribution in [0.4, 0.5) is 5.69 Å². The molecule has 0 saturated carbocycles. The molecule has 1 unspecified atom stereocenters. The summed E-state index contributed by atoms with van der Waals surface area (Å²) in [6.07, 6.45) is 0.167. The molecule has 1 aromatic heterocycles. The summed E-state index contributed by atoms with van der Waals surface area (Å²) >= 11 is 6.25. The van der Waals surface area contributed by atoms with Crippen LogP contribution in [-0.4, -0.2) is 39.5 Å². The zero-order valence-electron chi connectivity index (χ0n) is 19.5.